The molecule has 0 aromatic carbocycles. The Hall–Kier alpha value is -1.10. The highest BCUT2D eigenvalue weighted by Crippen LogP contribution is 2.20. The second-order valence-electron chi connectivity index (χ2n) is 5.19. The van der Waals surface area contributed by atoms with Gasteiger partial charge in [-0.05, 0) is 32.6 Å². The van der Waals surface area contributed by atoms with Gasteiger partial charge in [-0.25, -0.2) is 0 Å². The Labute approximate surface area is 118 Å². The first-order chi connectivity index (χ1) is 9.13. The number of thiazole rings is 1. The summed E-state index contributed by atoms with van der Waals surface area (Å²) < 4.78 is 1.70. The standard InChI is InChI=1S/C14H22N2O2S/c1-3-12-6-4-5-8-16(12)13(17)7-9-15-11(2)10-19-14(15)18/h10,12H,3-9H2,1-2H3. The Morgan fingerprint density at radius 1 is 1.47 bits per heavy atom. The molecule has 1 aromatic rings. The third-order valence-corrected chi connectivity index (χ3v) is 4.83. The maximum atomic E-state index is 12.3. The van der Waals surface area contributed by atoms with E-state index in [0.29, 0.717) is 19.0 Å². The zero-order valence-corrected chi connectivity index (χ0v) is 12.5. The summed E-state index contributed by atoms with van der Waals surface area (Å²) in [5, 5.41) is 1.85. The molecule has 1 atom stereocenters. The molecule has 1 aliphatic rings. The molecule has 106 valence electrons. The van der Waals surface area contributed by atoms with Crippen molar-refractivity contribution >= 4 is 17.2 Å². The molecule has 1 amide bonds. The summed E-state index contributed by atoms with van der Waals surface area (Å²) in [6, 6.07) is 0.404. The van der Waals surface area contributed by atoms with Gasteiger partial charge in [-0.2, -0.15) is 0 Å². The molecule has 4 nitrogen and oxygen atoms in total. The molecule has 19 heavy (non-hydrogen) atoms. The Kier molecular flexibility index (Phi) is 4.80. The van der Waals surface area contributed by atoms with Gasteiger partial charge < -0.3 is 9.47 Å². The maximum absolute atomic E-state index is 12.3. The first-order valence-electron chi connectivity index (χ1n) is 7.08. The summed E-state index contributed by atoms with van der Waals surface area (Å²) in [5.41, 5.74) is 0.952. The van der Waals surface area contributed by atoms with Gasteiger partial charge in [-0.3, -0.25) is 9.59 Å². The predicted octanol–water partition coefficient (Wildman–Crippen LogP) is 2.40. The molecule has 0 spiro atoms. The lowest BCUT2D eigenvalue weighted by molar-refractivity contribution is -0.135. The van der Waals surface area contributed by atoms with Crippen molar-refractivity contribution < 1.29 is 4.79 Å². The smallest absolute Gasteiger partial charge is 0.307 e. The van der Waals surface area contributed by atoms with E-state index >= 15 is 0 Å². The van der Waals surface area contributed by atoms with Gasteiger partial charge in [0.1, 0.15) is 0 Å². The molecule has 1 aliphatic heterocycles. The van der Waals surface area contributed by atoms with Crippen LogP contribution in [0.15, 0.2) is 10.2 Å². The monoisotopic (exact) mass is 282 g/mol. The summed E-state index contributed by atoms with van der Waals surface area (Å²) in [7, 11) is 0. The van der Waals surface area contributed by atoms with Crippen molar-refractivity contribution in [3.05, 3.63) is 20.7 Å². The van der Waals surface area contributed by atoms with E-state index < -0.39 is 0 Å². The van der Waals surface area contributed by atoms with Crippen LogP contribution in [-0.2, 0) is 11.3 Å². The van der Waals surface area contributed by atoms with Gasteiger partial charge >= 0.3 is 4.87 Å². The zero-order valence-electron chi connectivity index (χ0n) is 11.7. The Morgan fingerprint density at radius 3 is 2.89 bits per heavy atom. The SMILES string of the molecule is CCC1CCCCN1C(=O)CCn1c(C)csc1=O. The number of hydrogen-bond donors (Lipinski definition) is 0. The summed E-state index contributed by atoms with van der Waals surface area (Å²) in [5.74, 6) is 0.198. The Bertz CT molecular complexity index is 492. The topological polar surface area (TPSA) is 42.3 Å². The van der Waals surface area contributed by atoms with Crippen LogP contribution >= 0.6 is 11.3 Å². The lowest BCUT2D eigenvalue weighted by Gasteiger charge is -2.35. The third kappa shape index (κ3) is 3.26. The quantitative estimate of drug-likeness (QED) is 0.851. The first kappa shape index (κ1) is 14.3. The van der Waals surface area contributed by atoms with Gasteiger partial charge in [0.15, 0.2) is 0 Å². The van der Waals surface area contributed by atoms with E-state index in [0.717, 1.165) is 31.5 Å². The minimum atomic E-state index is 0.0379. The minimum absolute atomic E-state index is 0.0379. The fourth-order valence-electron chi connectivity index (χ4n) is 2.78. The molecule has 1 unspecified atom stereocenters. The van der Waals surface area contributed by atoms with Crippen LogP contribution in [0.4, 0.5) is 0 Å². The Morgan fingerprint density at radius 2 is 2.26 bits per heavy atom. The second kappa shape index (κ2) is 6.37. The molecule has 0 radical (unpaired) electrons. The molecule has 1 fully saturated rings. The number of nitrogens with zero attached hydrogens (tertiary/aromatic N) is 2. The lowest BCUT2D eigenvalue weighted by Crippen LogP contribution is -2.43. The van der Waals surface area contributed by atoms with E-state index in [1.54, 1.807) is 4.57 Å². The molecule has 5 heteroatoms. The number of aryl methyl sites for hydroxylation is 1. The number of aromatic nitrogens is 1. The van der Waals surface area contributed by atoms with Crippen molar-refractivity contribution in [1.82, 2.24) is 9.47 Å². The van der Waals surface area contributed by atoms with Crippen molar-refractivity contribution in [3.63, 3.8) is 0 Å². The van der Waals surface area contributed by atoms with E-state index in [4.69, 9.17) is 0 Å². The highest BCUT2D eigenvalue weighted by molar-refractivity contribution is 7.07. The molecule has 0 saturated carbocycles. The van der Waals surface area contributed by atoms with E-state index in [2.05, 4.69) is 6.92 Å². The molecule has 0 bridgehead atoms. The Balaban J connectivity index is 1.95. The van der Waals surface area contributed by atoms with Crippen molar-refractivity contribution in [2.75, 3.05) is 6.54 Å². The molecule has 2 rings (SSSR count). The van der Waals surface area contributed by atoms with E-state index in [1.165, 1.54) is 17.8 Å². The molecule has 0 aliphatic carbocycles. The minimum Gasteiger partial charge on any atom is -0.340 e. The number of piperidine rings is 1. The molecule has 1 saturated heterocycles. The summed E-state index contributed by atoms with van der Waals surface area (Å²) in [6.07, 6.45) is 4.93. The van der Waals surface area contributed by atoms with Crippen molar-refractivity contribution in [1.29, 1.82) is 0 Å². The third-order valence-electron chi connectivity index (χ3n) is 3.94. The van der Waals surface area contributed by atoms with Crippen LogP contribution < -0.4 is 4.87 Å². The lowest BCUT2D eigenvalue weighted by atomic mass is 9.99. The van der Waals surface area contributed by atoms with Crippen molar-refractivity contribution in [3.8, 4) is 0 Å². The van der Waals surface area contributed by atoms with E-state index in [1.807, 2.05) is 17.2 Å². The van der Waals surface area contributed by atoms with Gasteiger partial charge in [-0.1, -0.05) is 18.3 Å². The first-order valence-corrected chi connectivity index (χ1v) is 7.96. The summed E-state index contributed by atoms with van der Waals surface area (Å²) >= 11 is 1.21. The van der Waals surface area contributed by atoms with Gasteiger partial charge in [0.25, 0.3) is 0 Å². The largest absolute Gasteiger partial charge is 0.340 e. The molecule has 2 heterocycles. The summed E-state index contributed by atoms with van der Waals surface area (Å²) in [4.78, 5) is 26.0. The van der Waals surface area contributed by atoms with Crippen LogP contribution in [-0.4, -0.2) is 28.0 Å². The van der Waals surface area contributed by atoms with Crippen LogP contribution in [0.25, 0.3) is 0 Å². The number of amides is 1. The van der Waals surface area contributed by atoms with Crippen LogP contribution in [0, 0.1) is 6.92 Å². The normalized spacial score (nSPS) is 19.7. The summed E-state index contributed by atoms with van der Waals surface area (Å²) in [6.45, 7) is 5.46. The van der Waals surface area contributed by atoms with Crippen LogP contribution in [0.3, 0.4) is 0 Å². The fourth-order valence-corrected chi connectivity index (χ4v) is 3.54. The number of carbonyl (C=O) groups excluding carboxylic acids is 1. The zero-order chi connectivity index (χ0) is 13.8. The fraction of sp³-hybridized carbons (Fsp3) is 0.714. The predicted molar refractivity (Wildman–Crippen MR) is 77.6 cm³/mol. The molecule has 0 N–H and O–H groups in total. The van der Waals surface area contributed by atoms with E-state index in [9.17, 15) is 9.59 Å². The number of rotatable bonds is 4. The van der Waals surface area contributed by atoms with Gasteiger partial charge in [0.05, 0.1) is 0 Å². The average molecular weight is 282 g/mol. The van der Waals surface area contributed by atoms with E-state index in [-0.39, 0.29) is 10.8 Å². The molecular weight excluding hydrogens is 260 g/mol. The van der Waals surface area contributed by atoms with Crippen molar-refractivity contribution in [2.24, 2.45) is 0 Å². The average Bonchev–Trinajstić information content (AvgIpc) is 2.75. The molecule has 1 aromatic heterocycles. The number of carbonyl (C=O) groups is 1. The van der Waals surface area contributed by atoms with Gasteiger partial charge in [0.2, 0.25) is 5.91 Å². The van der Waals surface area contributed by atoms with Crippen LogP contribution in [0.1, 0.15) is 44.7 Å². The number of likely N-dealkylation sites (tertiary alicyclic amines) is 1. The van der Waals surface area contributed by atoms with Crippen LogP contribution in [0.5, 0.6) is 0 Å². The maximum Gasteiger partial charge on any atom is 0.307 e. The van der Waals surface area contributed by atoms with Crippen molar-refractivity contribution in [2.45, 2.75) is 58.5 Å². The number of hydrogen-bond acceptors (Lipinski definition) is 3. The van der Waals surface area contributed by atoms with Gasteiger partial charge in [0, 0.05) is 36.6 Å². The van der Waals surface area contributed by atoms with Gasteiger partial charge in [-0.15, -0.1) is 0 Å². The van der Waals surface area contributed by atoms with Crippen LogP contribution in [0.2, 0.25) is 0 Å². The highest BCUT2D eigenvalue weighted by atomic mass is 32.1. The highest BCUT2D eigenvalue weighted by Gasteiger charge is 2.24. The second-order valence-corrected chi connectivity index (χ2v) is 6.01. The molecular formula is C14H22N2O2S.